The Hall–Kier alpha value is -2.30. The fourth-order valence-corrected chi connectivity index (χ4v) is 1.70. The molecular weight excluding hydrogens is 252 g/mol. The molecule has 2 N–H and O–H groups in total. The van der Waals surface area contributed by atoms with Crippen LogP contribution in [0, 0.1) is 0 Å². The van der Waals surface area contributed by atoms with Gasteiger partial charge in [-0.1, -0.05) is 12.1 Å². The molecule has 0 unspecified atom stereocenters. The van der Waals surface area contributed by atoms with Gasteiger partial charge in [0.15, 0.2) is 0 Å². The SMILES string of the molecule is COc1cc(OC(F)F)cc(-c2ccc(N)cc2)c1. The van der Waals surface area contributed by atoms with E-state index in [9.17, 15) is 8.78 Å². The highest BCUT2D eigenvalue weighted by atomic mass is 19.3. The van der Waals surface area contributed by atoms with Gasteiger partial charge in [-0.05, 0) is 35.4 Å². The summed E-state index contributed by atoms with van der Waals surface area (Å²) in [7, 11) is 1.47. The molecule has 0 atom stereocenters. The van der Waals surface area contributed by atoms with Gasteiger partial charge in [-0.25, -0.2) is 0 Å². The Morgan fingerprint density at radius 2 is 1.58 bits per heavy atom. The lowest BCUT2D eigenvalue weighted by Gasteiger charge is -2.10. The molecule has 0 aliphatic carbocycles. The number of benzene rings is 2. The fraction of sp³-hybridized carbons (Fsp3) is 0.143. The van der Waals surface area contributed by atoms with E-state index in [4.69, 9.17) is 10.5 Å². The first-order valence-corrected chi connectivity index (χ1v) is 5.58. The lowest BCUT2D eigenvalue weighted by Crippen LogP contribution is -2.02. The van der Waals surface area contributed by atoms with Crippen molar-refractivity contribution in [2.75, 3.05) is 12.8 Å². The van der Waals surface area contributed by atoms with E-state index in [0.29, 0.717) is 11.4 Å². The number of ether oxygens (including phenoxy) is 2. The molecule has 2 aromatic carbocycles. The first-order valence-electron chi connectivity index (χ1n) is 5.58. The van der Waals surface area contributed by atoms with Crippen molar-refractivity contribution in [3.8, 4) is 22.6 Å². The molecule has 3 nitrogen and oxygen atoms in total. The van der Waals surface area contributed by atoms with Crippen molar-refractivity contribution < 1.29 is 18.3 Å². The zero-order valence-corrected chi connectivity index (χ0v) is 10.3. The van der Waals surface area contributed by atoms with E-state index < -0.39 is 6.61 Å². The number of anilines is 1. The van der Waals surface area contributed by atoms with Crippen molar-refractivity contribution in [2.24, 2.45) is 0 Å². The van der Waals surface area contributed by atoms with Crippen LogP contribution in [0.3, 0.4) is 0 Å². The molecule has 100 valence electrons. The molecule has 0 aromatic heterocycles. The van der Waals surface area contributed by atoms with Gasteiger partial charge in [-0.15, -0.1) is 0 Å². The van der Waals surface area contributed by atoms with E-state index in [1.165, 1.54) is 19.2 Å². The molecule has 19 heavy (non-hydrogen) atoms. The first-order chi connectivity index (χ1) is 9.08. The summed E-state index contributed by atoms with van der Waals surface area (Å²) >= 11 is 0. The molecule has 2 aromatic rings. The summed E-state index contributed by atoms with van der Waals surface area (Å²) in [5.41, 5.74) is 7.80. The highest BCUT2D eigenvalue weighted by Crippen LogP contribution is 2.30. The summed E-state index contributed by atoms with van der Waals surface area (Å²) in [6, 6.07) is 11.8. The fourth-order valence-electron chi connectivity index (χ4n) is 1.70. The minimum atomic E-state index is -2.87. The topological polar surface area (TPSA) is 44.5 Å². The smallest absolute Gasteiger partial charge is 0.387 e. The highest BCUT2D eigenvalue weighted by molar-refractivity contribution is 5.68. The van der Waals surface area contributed by atoms with Crippen LogP contribution >= 0.6 is 0 Å². The quantitative estimate of drug-likeness (QED) is 0.860. The Bertz CT molecular complexity index is 556. The molecule has 0 aliphatic rings. The van der Waals surface area contributed by atoms with Crippen LogP contribution in [0.1, 0.15) is 0 Å². The zero-order chi connectivity index (χ0) is 13.8. The minimum Gasteiger partial charge on any atom is -0.497 e. The molecule has 5 heteroatoms. The summed E-state index contributed by atoms with van der Waals surface area (Å²) in [6.45, 7) is -2.87. The van der Waals surface area contributed by atoms with Crippen LogP contribution in [0.4, 0.5) is 14.5 Å². The predicted molar refractivity (Wildman–Crippen MR) is 69.5 cm³/mol. The van der Waals surface area contributed by atoms with Gasteiger partial charge in [-0.2, -0.15) is 8.78 Å². The third kappa shape index (κ3) is 3.34. The number of nitrogens with two attached hydrogens (primary N) is 1. The summed E-state index contributed by atoms with van der Waals surface area (Å²) in [4.78, 5) is 0. The highest BCUT2D eigenvalue weighted by Gasteiger charge is 2.09. The van der Waals surface area contributed by atoms with Crippen LogP contribution in [0.25, 0.3) is 11.1 Å². The number of hydrogen-bond donors (Lipinski definition) is 1. The van der Waals surface area contributed by atoms with Gasteiger partial charge in [-0.3, -0.25) is 0 Å². The maximum atomic E-state index is 12.3. The maximum absolute atomic E-state index is 12.3. The number of alkyl halides is 2. The third-order valence-corrected chi connectivity index (χ3v) is 2.58. The van der Waals surface area contributed by atoms with Gasteiger partial charge < -0.3 is 15.2 Å². The van der Waals surface area contributed by atoms with Gasteiger partial charge in [0, 0.05) is 11.8 Å². The van der Waals surface area contributed by atoms with Crippen molar-refractivity contribution in [1.82, 2.24) is 0 Å². The van der Waals surface area contributed by atoms with E-state index >= 15 is 0 Å². The lowest BCUT2D eigenvalue weighted by molar-refractivity contribution is -0.0498. The average molecular weight is 265 g/mol. The molecular formula is C14H13F2NO2. The second-order valence-corrected chi connectivity index (χ2v) is 3.90. The van der Waals surface area contributed by atoms with Crippen LogP contribution in [0.5, 0.6) is 11.5 Å². The van der Waals surface area contributed by atoms with Gasteiger partial charge >= 0.3 is 6.61 Å². The largest absolute Gasteiger partial charge is 0.497 e. The second kappa shape index (κ2) is 5.56. The Labute approximate surface area is 109 Å². The van der Waals surface area contributed by atoms with Crippen molar-refractivity contribution in [1.29, 1.82) is 0 Å². The Morgan fingerprint density at radius 1 is 0.947 bits per heavy atom. The van der Waals surface area contributed by atoms with Crippen LogP contribution in [0.15, 0.2) is 42.5 Å². The molecule has 0 bridgehead atoms. The lowest BCUT2D eigenvalue weighted by atomic mass is 10.0. The number of halogens is 2. The normalized spacial score (nSPS) is 10.5. The summed E-state index contributed by atoms with van der Waals surface area (Å²) in [6.07, 6.45) is 0. The Balaban J connectivity index is 2.41. The molecule has 0 radical (unpaired) electrons. The number of methoxy groups -OCH3 is 1. The zero-order valence-electron chi connectivity index (χ0n) is 10.3. The van der Waals surface area contributed by atoms with Crippen molar-refractivity contribution in [3.63, 3.8) is 0 Å². The van der Waals surface area contributed by atoms with E-state index in [1.54, 1.807) is 30.3 Å². The van der Waals surface area contributed by atoms with Gasteiger partial charge in [0.2, 0.25) is 0 Å². The minimum absolute atomic E-state index is 0.0566. The summed E-state index contributed by atoms with van der Waals surface area (Å²) in [5.74, 6) is 0.506. The Morgan fingerprint density at radius 3 is 2.16 bits per heavy atom. The second-order valence-electron chi connectivity index (χ2n) is 3.90. The van der Waals surface area contributed by atoms with Crippen LogP contribution in [-0.4, -0.2) is 13.7 Å². The van der Waals surface area contributed by atoms with Crippen LogP contribution < -0.4 is 15.2 Å². The number of nitrogen functional groups attached to an aromatic ring is 1. The van der Waals surface area contributed by atoms with Crippen LogP contribution in [-0.2, 0) is 0 Å². The van der Waals surface area contributed by atoms with Crippen LogP contribution in [0.2, 0.25) is 0 Å². The molecule has 0 saturated carbocycles. The predicted octanol–water partition coefficient (Wildman–Crippen LogP) is 3.55. The van der Waals surface area contributed by atoms with Gasteiger partial charge in [0.25, 0.3) is 0 Å². The standard InChI is InChI=1S/C14H13F2NO2/c1-18-12-6-10(7-13(8-12)19-14(15)16)9-2-4-11(17)5-3-9/h2-8,14H,17H2,1H3. The molecule has 0 fully saturated rings. The number of rotatable bonds is 4. The van der Waals surface area contributed by atoms with E-state index in [0.717, 1.165) is 11.1 Å². The van der Waals surface area contributed by atoms with E-state index in [2.05, 4.69) is 4.74 Å². The average Bonchev–Trinajstić information content (AvgIpc) is 2.38. The molecule has 0 saturated heterocycles. The summed E-state index contributed by atoms with van der Waals surface area (Å²) in [5, 5.41) is 0. The van der Waals surface area contributed by atoms with E-state index in [-0.39, 0.29) is 5.75 Å². The Kier molecular flexibility index (Phi) is 3.85. The third-order valence-electron chi connectivity index (χ3n) is 2.58. The monoisotopic (exact) mass is 265 g/mol. The molecule has 0 spiro atoms. The van der Waals surface area contributed by atoms with Crippen molar-refractivity contribution >= 4 is 5.69 Å². The van der Waals surface area contributed by atoms with Gasteiger partial charge in [0.05, 0.1) is 7.11 Å². The van der Waals surface area contributed by atoms with Crippen molar-refractivity contribution in [2.45, 2.75) is 6.61 Å². The van der Waals surface area contributed by atoms with E-state index in [1.807, 2.05) is 0 Å². The maximum Gasteiger partial charge on any atom is 0.387 e. The summed E-state index contributed by atoms with van der Waals surface area (Å²) < 4.78 is 34.0. The molecule has 0 aliphatic heterocycles. The number of hydrogen-bond acceptors (Lipinski definition) is 3. The molecule has 0 amide bonds. The van der Waals surface area contributed by atoms with Crippen molar-refractivity contribution in [3.05, 3.63) is 42.5 Å². The first kappa shape index (κ1) is 13.1. The molecule has 2 rings (SSSR count). The molecule has 0 heterocycles. The van der Waals surface area contributed by atoms with Gasteiger partial charge in [0.1, 0.15) is 11.5 Å².